The van der Waals surface area contributed by atoms with Crippen LogP contribution in [-0.2, 0) is 0 Å². The van der Waals surface area contributed by atoms with Crippen molar-refractivity contribution < 1.29 is 4.39 Å². The minimum absolute atomic E-state index is 0.242. The molecule has 1 aliphatic rings. The molecule has 1 fully saturated rings. The van der Waals surface area contributed by atoms with E-state index >= 15 is 0 Å². The zero-order chi connectivity index (χ0) is 14.1. The molecule has 3 nitrogen and oxygen atoms in total. The van der Waals surface area contributed by atoms with Gasteiger partial charge in [-0.3, -0.25) is 0 Å². The van der Waals surface area contributed by atoms with E-state index < -0.39 is 0 Å². The lowest BCUT2D eigenvalue weighted by atomic mass is 9.86. The first-order valence-corrected chi connectivity index (χ1v) is 7.29. The summed E-state index contributed by atoms with van der Waals surface area (Å²) in [5, 5.41) is 0.538. The molecule has 20 heavy (non-hydrogen) atoms. The minimum atomic E-state index is -0.242. The molecule has 0 aliphatic heterocycles. The van der Waals surface area contributed by atoms with Crippen molar-refractivity contribution in [2.45, 2.75) is 38.6 Å². The molecule has 4 heteroatoms. The van der Waals surface area contributed by atoms with Crippen LogP contribution < -0.4 is 4.90 Å². The van der Waals surface area contributed by atoms with Gasteiger partial charge < -0.3 is 4.90 Å². The first-order valence-electron chi connectivity index (χ1n) is 7.29. The topological polar surface area (TPSA) is 29.0 Å². The molecule has 0 bridgehead atoms. The van der Waals surface area contributed by atoms with Crippen LogP contribution in [0.15, 0.2) is 24.5 Å². The number of rotatable bonds is 2. The Bertz CT molecular complexity index is 600. The maximum absolute atomic E-state index is 14.1. The average molecular weight is 273 g/mol. The second kappa shape index (κ2) is 5.35. The van der Waals surface area contributed by atoms with E-state index in [0.29, 0.717) is 22.8 Å². The molecule has 0 spiro atoms. The maximum Gasteiger partial charge on any atom is 0.142 e. The highest BCUT2D eigenvalue weighted by Crippen LogP contribution is 2.32. The van der Waals surface area contributed by atoms with Crippen LogP contribution in [0.1, 0.15) is 32.6 Å². The Hall–Kier alpha value is -1.71. The van der Waals surface area contributed by atoms with Gasteiger partial charge in [0.15, 0.2) is 0 Å². The SMILES string of the molecule is CC1CCC(N(C)c2ncnc3cccc(F)c23)CC1. The molecule has 3 rings (SSSR count). The van der Waals surface area contributed by atoms with Crippen LogP contribution in [0.3, 0.4) is 0 Å². The second-order valence-electron chi connectivity index (χ2n) is 5.86. The first kappa shape index (κ1) is 13.3. The molecule has 1 saturated carbocycles. The van der Waals surface area contributed by atoms with Gasteiger partial charge in [-0.15, -0.1) is 0 Å². The molecule has 0 saturated heterocycles. The summed E-state index contributed by atoms with van der Waals surface area (Å²) >= 11 is 0. The summed E-state index contributed by atoms with van der Waals surface area (Å²) in [6.45, 7) is 2.30. The molecular weight excluding hydrogens is 253 g/mol. The van der Waals surface area contributed by atoms with E-state index in [2.05, 4.69) is 21.8 Å². The summed E-state index contributed by atoms with van der Waals surface area (Å²) in [6.07, 6.45) is 6.30. The van der Waals surface area contributed by atoms with Crippen LogP contribution in [0.2, 0.25) is 0 Å². The normalized spacial score (nSPS) is 22.9. The van der Waals surface area contributed by atoms with Gasteiger partial charge in [0, 0.05) is 13.1 Å². The predicted octanol–water partition coefficient (Wildman–Crippen LogP) is 3.78. The van der Waals surface area contributed by atoms with E-state index in [4.69, 9.17) is 0 Å². The number of hydrogen-bond donors (Lipinski definition) is 0. The zero-order valence-electron chi connectivity index (χ0n) is 12.0. The number of fused-ring (bicyclic) bond motifs is 1. The van der Waals surface area contributed by atoms with Gasteiger partial charge in [-0.2, -0.15) is 0 Å². The van der Waals surface area contributed by atoms with Crippen molar-refractivity contribution in [2.75, 3.05) is 11.9 Å². The Kier molecular flexibility index (Phi) is 3.55. The van der Waals surface area contributed by atoms with E-state index in [1.165, 1.54) is 25.2 Å². The third-order valence-corrected chi connectivity index (χ3v) is 4.46. The Morgan fingerprint density at radius 1 is 1.15 bits per heavy atom. The van der Waals surface area contributed by atoms with Crippen LogP contribution >= 0.6 is 0 Å². The van der Waals surface area contributed by atoms with E-state index in [0.717, 1.165) is 18.8 Å². The maximum atomic E-state index is 14.1. The smallest absolute Gasteiger partial charge is 0.142 e. The number of halogens is 1. The Balaban J connectivity index is 1.97. The van der Waals surface area contributed by atoms with E-state index in [1.807, 2.05) is 13.1 Å². The van der Waals surface area contributed by atoms with Gasteiger partial charge in [0.1, 0.15) is 18.0 Å². The summed E-state index contributed by atoms with van der Waals surface area (Å²) in [7, 11) is 2.02. The van der Waals surface area contributed by atoms with Gasteiger partial charge in [-0.05, 0) is 43.7 Å². The second-order valence-corrected chi connectivity index (χ2v) is 5.86. The summed E-state index contributed by atoms with van der Waals surface area (Å²) in [5.41, 5.74) is 0.672. The monoisotopic (exact) mass is 273 g/mol. The third kappa shape index (κ3) is 2.35. The third-order valence-electron chi connectivity index (χ3n) is 4.46. The quantitative estimate of drug-likeness (QED) is 0.833. The fraction of sp³-hybridized carbons (Fsp3) is 0.500. The molecule has 1 heterocycles. The lowest BCUT2D eigenvalue weighted by Gasteiger charge is -2.34. The highest BCUT2D eigenvalue weighted by Gasteiger charge is 2.24. The van der Waals surface area contributed by atoms with Gasteiger partial charge >= 0.3 is 0 Å². The van der Waals surface area contributed by atoms with Gasteiger partial charge in [0.25, 0.3) is 0 Å². The van der Waals surface area contributed by atoms with Gasteiger partial charge in [0.05, 0.1) is 10.9 Å². The van der Waals surface area contributed by atoms with Crippen LogP contribution in [0.5, 0.6) is 0 Å². The van der Waals surface area contributed by atoms with Crippen LogP contribution in [0.25, 0.3) is 10.9 Å². The van der Waals surface area contributed by atoms with E-state index in [-0.39, 0.29) is 5.82 Å². The number of nitrogens with zero attached hydrogens (tertiary/aromatic N) is 3. The molecule has 0 unspecified atom stereocenters. The molecule has 2 aromatic rings. The summed E-state index contributed by atoms with van der Waals surface area (Å²) in [4.78, 5) is 10.6. The van der Waals surface area contributed by atoms with Crippen molar-refractivity contribution in [3.8, 4) is 0 Å². The van der Waals surface area contributed by atoms with Crippen molar-refractivity contribution in [3.63, 3.8) is 0 Å². The van der Waals surface area contributed by atoms with Crippen LogP contribution in [0, 0.1) is 11.7 Å². The fourth-order valence-corrected chi connectivity index (χ4v) is 3.12. The molecule has 1 aliphatic carbocycles. The summed E-state index contributed by atoms with van der Waals surface area (Å²) < 4.78 is 14.1. The first-order chi connectivity index (χ1) is 9.66. The Morgan fingerprint density at radius 3 is 2.65 bits per heavy atom. The van der Waals surface area contributed by atoms with E-state index in [9.17, 15) is 4.39 Å². The highest BCUT2D eigenvalue weighted by molar-refractivity contribution is 5.89. The van der Waals surface area contributed by atoms with Crippen molar-refractivity contribution in [3.05, 3.63) is 30.3 Å². The Morgan fingerprint density at radius 2 is 1.90 bits per heavy atom. The zero-order valence-corrected chi connectivity index (χ0v) is 12.0. The molecule has 0 radical (unpaired) electrons. The van der Waals surface area contributed by atoms with Crippen molar-refractivity contribution in [1.29, 1.82) is 0 Å². The number of benzene rings is 1. The number of hydrogen-bond acceptors (Lipinski definition) is 3. The van der Waals surface area contributed by atoms with E-state index in [1.54, 1.807) is 6.07 Å². The minimum Gasteiger partial charge on any atom is -0.356 e. The van der Waals surface area contributed by atoms with Crippen LogP contribution in [-0.4, -0.2) is 23.1 Å². The van der Waals surface area contributed by atoms with Crippen molar-refractivity contribution in [1.82, 2.24) is 9.97 Å². The molecule has 0 amide bonds. The average Bonchev–Trinajstić information content (AvgIpc) is 2.47. The van der Waals surface area contributed by atoms with Crippen LogP contribution in [0.4, 0.5) is 10.2 Å². The standard InChI is InChI=1S/C16H20FN3/c1-11-6-8-12(9-7-11)20(2)16-15-13(17)4-3-5-14(15)18-10-19-16/h3-5,10-12H,6-9H2,1-2H3. The van der Waals surface area contributed by atoms with Crippen molar-refractivity contribution in [2.24, 2.45) is 5.92 Å². The van der Waals surface area contributed by atoms with Gasteiger partial charge in [-0.1, -0.05) is 13.0 Å². The number of anilines is 1. The molecule has 106 valence electrons. The molecule has 1 aromatic heterocycles. The van der Waals surface area contributed by atoms with Crippen molar-refractivity contribution >= 4 is 16.7 Å². The number of aromatic nitrogens is 2. The van der Waals surface area contributed by atoms with Gasteiger partial charge in [-0.25, -0.2) is 14.4 Å². The summed E-state index contributed by atoms with van der Waals surface area (Å²) in [6, 6.07) is 5.45. The molecule has 0 N–H and O–H groups in total. The molecule has 0 atom stereocenters. The fourth-order valence-electron chi connectivity index (χ4n) is 3.12. The molecule has 1 aromatic carbocycles. The molecular formula is C16H20FN3. The largest absolute Gasteiger partial charge is 0.356 e. The predicted molar refractivity (Wildman–Crippen MR) is 79.3 cm³/mol. The van der Waals surface area contributed by atoms with Gasteiger partial charge in [0.2, 0.25) is 0 Å². The lowest BCUT2D eigenvalue weighted by Crippen LogP contribution is -2.35. The summed E-state index contributed by atoms with van der Waals surface area (Å²) in [5.74, 6) is 1.28. The lowest BCUT2D eigenvalue weighted by molar-refractivity contribution is 0.340. The Labute approximate surface area is 118 Å². The highest BCUT2D eigenvalue weighted by atomic mass is 19.1.